The number of aryl methyl sites for hydroxylation is 2. The molecule has 2 aromatic rings. The first-order valence-electron chi connectivity index (χ1n) is 11.9. The van der Waals surface area contributed by atoms with E-state index in [0.29, 0.717) is 24.3 Å². The molecule has 0 aromatic carbocycles. The summed E-state index contributed by atoms with van der Waals surface area (Å²) in [6.07, 6.45) is 9.03. The maximum absolute atomic E-state index is 13.6. The van der Waals surface area contributed by atoms with Crippen LogP contribution >= 0.6 is 0 Å². The zero-order valence-electron chi connectivity index (χ0n) is 19.7. The number of carbonyl (C=O) groups excluding carboxylic acids is 1. The quantitative estimate of drug-likeness (QED) is 0.648. The Morgan fingerprint density at radius 1 is 1.22 bits per heavy atom. The fourth-order valence-corrected chi connectivity index (χ4v) is 5.92. The van der Waals surface area contributed by atoms with E-state index in [1.54, 1.807) is 18.7 Å². The van der Waals surface area contributed by atoms with E-state index in [1.807, 2.05) is 11.8 Å². The largest absolute Gasteiger partial charge is 0.378 e. The van der Waals surface area contributed by atoms with Crippen LogP contribution in [0.25, 0.3) is 11.2 Å². The van der Waals surface area contributed by atoms with Gasteiger partial charge in [0.15, 0.2) is 11.2 Å². The summed E-state index contributed by atoms with van der Waals surface area (Å²) in [4.78, 5) is 45.6. The monoisotopic (exact) mass is 445 g/mol. The molecule has 0 bridgehead atoms. The molecule has 2 atom stereocenters. The molecule has 2 aliphatic carbocycles. The standard InChI is InChI=1S/C23H35N5O4/c1-5-12-27(16-13-17(32-6-2)23(16)10-8-7-9-11-23)18(29)14-28-21(30)19-20(24-15-25(19)3)26(4)22(28)31/h15-17H,5-14H2,1-4H3/t16-,17-/m1/s1. The minimum absolute atomic E-state index is 0.000997. The molecule has 32 heavy (non-hydrogen) atoms. The number of imidazole rings is 1. The fourth-order valence-electron chi connectivity index (χ4n) is 5.92. The number of ether oxygens (including phenoxy) is 1. The number of hydrogen-bond donors (Lipinski definition) is 0. The van der Waals surface area contributed by atoms with Gasteiger partial charge in [0.2, 0.25) is 5.91 Å². The molecule has 1 amide bonds. The summed E-state index contributed by atoms with van der Waals surface area (Å²) in [5.41, 5.74) is -0.330. The van der Waals surface area contributed by atoms with Crippen LogP contribution in [-0.4, -0.2) is 54.8 Å². The van der Waals surface area contributed by atoms with Gasteiger partial charge in [-0.1, -0.05) is 26.2 Å². The molecule has 2 aliphatic rings. The van der Waals surface area contributed by atoms with Crippen molar-refractivity contribution in [3.63, 3.8) is 0 Å². The number of fused-ring (bicyclic) bond motifs is 1. The Labute approximate surface area is 188 Å². The molecular weight excluding hydrogens is 410 g/mol. The lowest BCUT2D eigenvalue weighted by Crippen LogP contribution is -2.67. The number of carbonyl (C=O) groups is 1. The summed E-state index contributed by atoms with van der Waals surface area (Å²) in [5, 5.41) is 0. The van der Waals surface area contributed by atoms with Crippen LogP contribution in [0.3, 0.4) is 0 Å². The highest BCUT2D eigenvalue weighted by molar-refractivity contribution is 5.77. The molecule has 176 valence electrons. The third-order valence-corrected chi connectivity index (χ3v) is 7.55. The summed E-state index contributed by atoms with van der Waals surface area (Å²) in [5.74, 6) is -0.169. The molecule has 2 heterocycles. The van der Waals surface area contributed by atoms with Gasteiger partial charge < -0.3 is 14.2 Å². The Kier molecular flexibility index (Phi) is 6.29. The number of rotatable bonds is 7. The van der Waals surface area contributed by atoms with E-state index in [-0.39, 0.29) is 30.0 Å². The lowest BCUT2D eigenvalue weighted by atomic mass is 9.54. The van der Waals surface area contributed by atoms with Crippen molar-refractivity contribution in [2.45, 2.75) is 77.5 Å². The Hall–Kier alpha value is -2.42. The molecule has 2 fully saturated rings. The molecular formula is C23H35N5O4. The molecule has 9 nitrogen and oxygen atoms in total. The van der Waals surface area contributed by atoms with Crippen molar-refractivity contribution in [2.24, 2.45) is 19.5 Å². The third kappa shape index (κ3) is 3.50. The van der Waals surface area contributed by atoms with E-state index in [4.69, 9.17) is 4.74 Å². The minimum atomic E-state index is -0.515. The Morgan fingerprint density at radius 3 is 2.59 bits per heavy atom. The molecule has 9 heteroatoms. The molecule has 0 radical (unpaired) electrons. The van der Waals surface area contributed by atoms with E-state index >= 15 is 0 Å². The van der Waals surface area contributed by atoms with E-state index in [0.717, 1.165) is 43.1 Å². The molecule has 1 spiro atoms. The van der Waals surface area contributed by atoms with Crippen LogP contribution in [0.2, 0.25) is 0 Å². The van der Waals surface area contributed by atoms with Gasteiger partial charge in [-0.15, -0.1) is 0 Å². The van der Waals surface area contributed by atoms with Gasteiger partial charge in [0.1, 0.15) is 6.54 Å². The maximum Gasteiger partial charge on any atom is 0.332 e. The van der Waals surface area contributed by atoms with Gasteiger partial charge in [-0.2, -0.15) is 0 Å². The first kappa shape index (κ1) is 22.8. The van der Waals surface area contributed by atoms with Gasteiger partial charge in [0, 0.05) is 38.7 Å². The van der Waals surface area contributed by atoms with Crippen molar-refractivity contribution >= 4 is 17.1 Å². The van der Waals surface area contributed by atoms with Crippen LogP contribution in [0, 0.1) is 5.41 Å². The van der Waals surface area contributed by atoms with Crippen LogP contribution in [0.5, 0.6) is 0 Å². The van der Waals surface area contributed by atoms with Gasteiger partial charge in [-0.3, -0.25) is 14.2 Å². The summed E-state index contributed by atoms with van der Waals surface area (Å²) in [7, 11) is 3.29. The first-order chi connectivity index (χ1) is 15.4. The van der Waals surface area contributed by atoms with Crippen molar-refractivity contribution < 1.29 is 9.53 Å². The van der Waals surface area contributed by atoms with E-state index in [2.05, 4.69) is 11.9 Å². The molecule has 2 saturated carbocycles. The van der Waals surface area contributed by atoms with Crippen LogP contribution < -0.4 is 11.2 Å². The zero-order chi connectivity index (χ0) is 23.0. The molecule has 2 aromatic heterocycles. The highest BCUT2D eigenvalue weighted by Crippen LogP contribution is 2.55. The smallest absolute Gasteiger partial charge is 0.332 e. The number of aromatic nitrogens is 4. The van der Waals surface area contributed by atoms with Crippen LogP contribution in [0.1, 0.15) is 58.8 Å². The minimum Gasteiger partial charge on any atom is -0.378 e. The molecule has 4 rings (SSSR count). The lowest BCUT2D eigenvalue weighted by Gasteiger charge is -2.60. The van der Waals surface area contributed by atoms with Gasteiger partial charge in [0.25, 0.3) is 5.56 Å². The number of hydrogen-bond acceptors (Lipinski definition) is 5. The first-order valence-corrected chi connectivity index (χ1v) is 11.9. The van der Waals surface area contributed by atoms with E-state index < -0.39 is 11.2 Å². The Morgan fingerprint density at radius 2 is 1.94 bits per heavy atom. The topological polar surface area (TPSA) is 91.4 Å². The molecule has 0 N–H and O–H groups in total. The normalized spacial score (nSPS) is 22.2. The predicted octanol–water partition coefficient (Wildman–Crippen LogP) is 1.80. The van der Waals surface area contributed by atoms with Gasteiger partial charge in [-0.25, -0.2) is 14.3 Å². The molecule has 0 saturated heterocycles. The highest BCUT2D eigenvalue weighted by Gasteiger charge is 2.58. The van der Waals surface area contributed by atoms with Crippen molar-refractivity contribution in [2.75, 3.05) is 13.2 Å². The SMILES string of the molecule is CCCN(C(=O)Cn1c(=O)c2c(ncn2C)n(C)c1=O)[C@@H]1C[C@@H](OCC)C12CCCCC2. The van der Waals surface area contributed by atoms with Gasteiger partial charge >= 0.3 is 5.69 Å². The fraction of sp³-hybridized carbons (Fsp3) is 0.739. The average Bonchev–Trinajstić information content (AvgIpc) is 3.18. The number of nitrogens with zero attached hydrogens (tertiary/aromatic N) is 5. The van der Waals surface area contributed by atoms with Crippen LogP contribution in [0.4, 0.5) is 0 Å². The molecule has 0 aliphatic heterocycles. The summed E-state index contributed by atoms with van der Waals surface area (Å²) >= 11 is 0. The van der Waals surface area contributed by atoms with Gasteiger partial charge in [-0.05, 0) is 32.6 Å². The summed E-state index contributed by atoms with van der Waals surface area (Å²) in [6, 6.07) is 0.104. The Balaban J connectivity index is 1.66. The van der Waals surface area contributed by atoms with Crippen molar-refractivity contribution in [3.8, 4) is 0 Å². The van der Waals surface area contributed by atoms with Crippen LogP contribution in [0.15, 0.2) is 15.9 Å². The lowest BCUT2D eigenvalue weighted by molar-refractivity contribution is -0.189. The Bertz CT molecular complexity index is 1110. The highest BCUT2D eigenvalue weighted by atomic mass is 16.5. The summed E-state index contributed by atoms with van der Waals surface area (Å²) < 4.78 is 10.1. The maximum atomic E-state index is 13.6. The number of amides is 1. The summed E-state index contributed by atoms with van der Waals surface area (Å²) in [6.45, 7) is 5.12. The van der Waals surface area contributed by atoms with Crippen molar-refractivity contribution in [3.05, 3.63) is 27.2 Å². The van der Waals surface area contributed by atoms with E-state index in [9.17, 15) is 14.4 Å². The van der Waals surface area contributed by atoms with Crippen molar-refractivity contribution in [1.82, 2.24) is 23.6 Å². The molecule has 0 unspecified atom stereocenters. The van der Waals surface area contributed by atoms with E-state index in [1.165, 1.54) is 17.3 Å². The second-order valence-corrected chi connectivity index (χ2v) is 9.34. The second kappa shape index (κ2) is 8.84. The van der Waals surface area contributed by atoms with Crippen LogP contribution in [-0.2, 0) is 30.2 Å². The predicted molar refractivity (Wildman–Crippen MR) is 122 cm³/mol. The average molecular weight is 446 g/mol. The second-order valence-electron chi connectivity index (χ2n) is 9.34. The zero-order valence-corrected chi connectivity index (χ0v) is 19.7. The van der Waals surface area contributed by atoms with Gasteiger partial charge in [0.05, 0.1) is 12.4 Å². The third-order valence-electron chi connectivity index (χ3n) is 7.55. The van der Waals surface area contributed by atoms with Crippen molar-refractivity contribution in [1.29, 1.82) is 0 Å².